The summed E-state index contributed by atoms with van der Waals surface area (Å²) in [6.07, 6.45) is 1.94. The first kappa shape index (κ1) is 13.1. The Morgan fingerprint density at radius 2 is 2.35 bits per heavy atom. The number of amides is 1. The summed E-state index contributed by atoms with van der Waals surface area (Å²) >= 11 is 0. The maximum Gasteiger partial charge on any atom is 0.239 e. The Morgan fingerprint density at radius 3 is 3.10 bits per heavy atom. The third-order valence-electron chi connectivity index (χ3n) is 3.90. The number of imidazole rings is 1. The maximum absolute atomic E-state index is 12.2. The lowest BCUT2D eigenvalue weighted by molar-refractivity contribution is -0.133. The molecule has 20 heavy (non-hydrogen) atoms. The van der Waals surface area contributed by atoms with Crippen LogP contribution in [0.4, 0.5) is 0 Å². The van der Waals surface area contributed by atoms with E-state index >= 15 is 0 Å². The molecule has 0 radical (unpaired) electrons. The van der Waals surface area contributed by atoms with Crippen molar-refractivity contribution in [2.75, 3.05) is 6.54 Å². The van der Waals surface area contributed by atoms with Gasteiger partial charge in [-0.2, -0.15) is 0 Å². The van der Waals surface area contributed by atoms with E-state index in [1.54, 1.807) is 6.92 Å². The SMILES string of the molecule is Cc1ccc2nc(C3CCCN3C(=O)[C@@H](C)N)[nH]c2c1. The largest absolute Gasteiger partial charge is 0.340 e. The van der Waals surface area contributed by atoms with Gasteiger partial charge in [-0.1, -0.05) is 6.07 Å². The number of nitrogens with two attached hydrogens (primary N) is 1. The quantitative estimate of drug-likeness (QED) is 0.876. The van der Waals surface area contributed by atoms with Crippen molar-refractivity contribution in [1.82, 2.24) is 14.9 Å². The molecule has 0 bridgehead atoms. The summed E-state index contributed by atoms with van der Waals surface area (Å²) in [6, 6.07) is 5.71. The van der Waals surface area contributed by atoms with Crippen LogP contribution >= 0.6 is 0 Å². The van der Waals surface area contributed by atoms with Crippen molar-refractivity contribution in [1.29, 1.82) is 0 Å². The Hall–Kier alpha value is -1.88. The summed E-state index contributed by atoms with van der Waals surface area (Å²) in [5, 5.41) is 0. The van der Waals surface area contributed by atoms with Gasteiger partial charge in [-0.3, -0.25) is 4.79 Å². The maximum atomic E-state index is 12.2. The second-order valence-electron chi connectivity index (χ2n) is 5.62. The van der Waals surface area contributed by atoms with Crippen molar-refractivity contribution in [3.8, 4) is 0 Å². The fourth-order valence-electron chi connectivity index (χ4n) is 2.88. The smallest absolute Gasteiger partial charge is 0.239 e. The van der Waals surface area contributed by atoms with Gasteiger partial charge in [-0.15, -0.1) is 0 Å². The van der Waals surface area contributed by atoms with E-state index in [4.69, 9.17) is 5.73 Å². The van der Waals surface area contributed by atoms with Gasteiger partial charge in [-0.25, -0.2) is 4.98 Å². The number of rotatable bonds is 2. The molecule has 1 fully saturated rings. The van der Waals surface area contributed by atoms with Crippen molar-refractivity contribution in [3.63, 3.8) is 0 Å². The fourth-order valence-corrected chi connectivity index (χ4v) is 2.88. The molecule has 1 aromatic heterocycles. The molecule has 2 heterocycles. The average molecular weight is 272 g/mol. The first-order chi connectivity index (χ1) is 9.56. The predicted octanol–water partition coefficient (Wildman–Crippen LogP) is 1.88. The molecule has 1 aliphatic rings. The van der Waals surface area contributed by atoms with E-state index < -0.39 is 6.04 Å². The van der Waals surface area contributed by atoms with Crippen molar-refractivity contribution in [2.24, 2.45) is 5.73 Å². The van der Waals surface area contributed by atoms with Crippen LogP contribution in [0.15, 0.2) is 18.2 Å². The number of nitrogens with one attached hydrogen (secondary N) is 1. The van der Waals surface area contributed by atoms with E-state index in [9.17, 15) is 4.79 Å². The molecule has 3 N–H and O–H groups in total. The zero-order valence-electron chi connectivity index (χ0n) is 11.9. The summed E-state index contributed by atoms with van der Waals surface area (Å²) in [7, 11) is 0. The minimum Gasteiger partial charge on any atom is -0.340 e. The summed E-state index contributed by atoms with van der Waals surface area (Å²) in [4.78, 5) is 22.0. The van der Waals surface area contributed by atoms with Crippen LogP contribution in [-0.4, -0.2) is 33.4 Å². The van der Waals surface area contributed by atoms with Crippen molar-refractivity contribution in [2.45, 2.75) is 38.8 Å². The van der Waals surface area contributed by atoms with E-state index in [2.05, 4.69) is 23.0 Å². The molecule has 1 saturated heterocycles. The average Bonchev–Trinajstić information content (AvgIpc) is 3.02. The Labute approximate surface area is 118 Å². The number of aromatic amines is 1. The van der Waals surface area contributed by atoms with Crippen molar-refractivity contribution < 1.29 is 4.79 Å². The summed E-state index contributed by atoms with van der Waals surface area (Å²) in [5.74, 6) is 0.876. The highest BCUT2D eigenvalue weighted by molar-refractivity contribution is 5.82. The van der Waals surface area contributed by atoms with Crippen LogP contribution in [0.2, 0.25) is 0 Å². The Morgan fingerprint density at radius 1 is 1.55 bits per heavy atom. The lowest BCUT2D eigenvalue weighted by Gasteiger charge is -2.24. The van der Waals surface area contributed by atoms with Crippen LogP contribution in [0.5, 0.6) is 0 Å². The number of carbonyl (C=O) groups is 1. The summed E-state index contributed by atoms with van der Waals surface area (Å²) < 4.78 is 0. The number of carbonyl (C=O) groups excluding carboxylic acids is 1. The molecule has 5 heteroatoms. The van der Waals surface area contributed by atoms with Crippen LogP contribution in [0.3, 0.4) is 0 Å². The summed E-state index contributed by atoms with van der Waals surface area (Å²) in [5.41, 5.74) is 8.90. The van der Waals surface area contributed by atoms with Crippen LogP contribution in [-0.2, 0) is 4.79 Å². The van der Waals surface area contributed by atoms with Gasteiger partial charge in [0.1, 0.15) is 5.82 Å². The number of nitrogens with zero attached hydrogens (tertiary/aromatic N) is 2. The molecule has 5 nitrogen and oxygen atoms in total. The predicted molar refractivity (Wildman–Crippen MR) is 78.2 cm³/mol. The highest BCUT2D eigenvalue weighted by Crippen LogP contribution is 2.31. The van der Waals surface area contributed by atoms with E-state index in [1.807, 2.05) is 17.0 Å². The van der Waals surface area contributed by atoms with Gasteiger partial charge in [0.2, 0.25) is 5.91 Å². The Balaban J connectivity index is 1.95. The number of fused-ring (bicyclic) bond motifs is 1. The van der Waals surface area contributed by atoms with Crippen LogP contribution in [0, 0.1) is 6.92 Å². The van der Waals surface area contributed by atoms with E-state index in [0.29, 0.717) is 0 Å². The monoisotopic (exact) mass is 272 g/mol. The number of H-pyrrole nitrogens is 1. The van der Waals surface area contributed by atoms with Crippen LogP contribution < -0.4 is 5.73 Å². The van der Waals surface area contributed by atoms with Crippen LogP contribution in [0.1, 0.15) is 37.2 Å². The second-order valence-corrected chi connectivity index (χ2v) is 5.62. The summed E-state index contributed by atoms with van der Waals surface area (Å²) in [6.45, 7) is 4.56. The lowest BCUT2D eigenvalue weighted by Crippen LogP contribution is -2.41. The Kier molecular flexibility index (Phi) is 3.22. The van der Waals surface area contributed by atoms with Gasteiger partial charge in [0, 0.05) is 6.54 Å². The van der Waals surface area contributed by atoms with Gasteiger partial charge < -0.3 is 15.6 Å². The normalized spacial score (nSPS) is 20.6. The number of hydrogen-bond acceptors (Lipinski definition) is 3. The molecule has 1 unspecified atom stereocenters. The van der Waals surface area contributed by atoms with Crippen LogP contribution in [0.25, 0.3) is 11.0 Å². The zero-order chi connectivity index (χ0) is 14.3. The molecule has 0 aliphatic carbocycles. The van der Waals surface area contributed by atoms with E-state index in [-0.39, 0.29) is 11.9 Å². The molecule has 1 aliphatic heterocycles. The van der Waals surface area contributed by atoms with Gasteiger partial charge in [0.05, 0.1) is 23.1 Å². The van der Waals surface area contributed by atoms with Gasteiger partial charge in [0.15, 0.2) is 0 Å². The zero-order valence-corrected chi connectivity index (χ0v) is 11.9. The number of hydrogen-bond donors (Lipinski definition) is 2. The van der Waals surface area contributed by atoms with Crippen molar-refractivity contribution >= 4 is 16.9 Å². The van der Waals surface area contributed by atoms with Crippen molar-refractivity contribution in [3.05, 3.63) is 29.6 Å². The molecule has 0 spiro atoms. The highest BCUT2D eigenvalue weighted by atomic mass is 16.2. The van der Waals surface area contributed by atoms with E-state index in [1.165, 1.54) is 5.56 Å². The number of aryl methyl sites for hydroxylation is 1. The molecule has 1 amide bonds. The number of benzene rings is 1. The molecule has 3 rings (SSSR count). The first-order valence-electron chi connectivity index (χ1n) is 7.08. The minimum absolute atomic E-state index is 0.00383. The third-order valence-corrected chi connectivity index (χ3v) is 3.90. The molecule has 2 atom stereocenters. The standard InChI is InChI=1S/C15H20N4O/c1-9-5-6-11-12(8-9)18-14(17-11)13-4-3-7-19(13)15(20)10(2)16/h5-6,8,10,13H,3-4,7,16H2,1-2H3,(H,17,18)/t10-,13?/m1/s1. The molecule has 0 saturated carbocycles. The number of likely N-dealkylation sites (tertiary alicyclic amines) is 1. The van der Waals surface area contributed by atoms with Gasteiger partial charge >= 0.3 is 0 Å². The fraction of sp³-hybridized carbons (Fsp3) is 0.467. The van der Waals surface area contributed by atoms with E-state index in [0.717, 1.165) is 36.2 Å². The minimum atomic E-state index is -0.456. The third kappa shape index (κ3) is 2.18. The molecule has 1 aromatic carbocycles. The molecule has 106 valence electrons. The molecular formula is C15H20N4O. The molecule has 2 aromatic rings. The lowest BCUT2D eigenvalue weighted by atomic mass is 10.2. The molecular weight excluding hydrogens is 252 g/mol. The van der Waals surface area contributed by atoms with Gasteiger partial charge in [-0.05, 0) is 44.4 Å². The second kappa shape index (κ2) is 4.90. The number of aromatic nitrogens is 2. The van der Waals surface area contributed by atoms with Gasteiger partial charge in [0.25, 0.3) is 0 Å². The Bertz CT molecular complexity index is 646. The topological polar surface area (TPSA) is 75.0 Å². The first-order valence-corrected chi connectivity index (χ1v) is 7.08. The highest BCUT2D eigenvalue weighted by Gasteiger charge is 2.33.